The highest BCUT2D eigenvalue weighted by Gasteiger charge is 2.56. The van der Waals surface area contributed by atoms with Gasteiger partial charge in [-0.15, -0.1) is 0 Å². The first-order valence-electron chi connectivity index (χ1n) is 11.1. The normalized spacial score (nSPS) is 18.1. The summed E-state index contributed by atoms with van der Waals surface area (Å²) in [5.41, 5.74) is 9.51. The first-order chi connectivity index (χ1) is 14.0. The van der Waals surface area contributed by atoms with E-state index in [1.165, 1.54) is 39.3 Å². The standard InChI is InChI=1S/C29H35N/c1-20-9-13-22(14-10-20)30(23-15-11-21(2)12-16-23)24-17-18-25-26(19-24)28(5,6)29(7,8)27(25,3)4/h9-19H,1-8H3. The van der Waals surface area contributed by atoms with Gasteiger partial charge in [0.1, 0.15) is 0 Å². The summed E-state index contributed by atoms with van der Waals surface area (Å²) in [6.45, 7) is 18.7. The van der Waals surface area contributed by atoms with Gasteiger partial charge < -0.3 is 4.90 Å². The van der Waals surface area contributed by atoms with Gasteiger partial charge in [0.25, 0.3) is 0 Å². The van der Waals surface area contributed by atoms with E-state index in [9.17, 15) is 0 Å². The fourth-order valence-corrected chi connectivity index (χ4v) is 5.02. The van der Waals surface area contributed by atoms with Crippen LogP contribution in [0.25, 0.3) is 0 Å². The topological polar surface area (TPSA) is 3.24 Å². The van der Waals surface area contributed by atoms with E-state index in [0.29, 0.717) is 0 Å². The second kappa shape index (κ2) is 6.74. The van der Waals surface area contributed by atoms with E-state index >= 15 is 0 Å². The van der Waals surface area contributed by atoms with E-state index in [1.807, 2.05) is 0 Å². The summed E-state index contributed by atoms with van der Waals surface area (Å²) in [5.74, 6) is 0. The minimum absolute atomic E-state index is 0.0913. The van der Waals surface area contributed by atoms with Crippen molar-refractivity contribution in [3.05, 3.63) is 89.0 Å². The molecule has 0 amide bonds. The van der Waals surface area contributed by atoms with Crippen molar-refractivity contribution in [3.63, 3.8) is 0 Å². The van der Waals surface area contributed by atoms with Gasteiger partial charge in [-0.2, -0.15) is 0 Å². The monoisotopic (exact) mass is 397 g/mol. The molecule has 0 atom stereocenters. The SMILES string of the molecule is Cc1ccc(N(c2ccc(C)cc2)c2ccc3c(c2)C(C)(C)C(C)(C)C3(C)C)cc1. The molecule has 0 aromatic heterocycles. The molecule has 30 heavy (non-hydrogen) atoms. The second-order valence-electron chi connectivity index (χ2n) is 10.6. The van der Waals surface area contributed by atoms with Crippen molar-refractivity contribution in [2.75, 3.05) is 4.90 Å². The van der Waals surface area contributed by atoms with Crippen LogP contribution in [0.4, 0.5) is 17.1 Å². The maximum Gasteiger partial charge on any atom is 0.0464 e. The molecule has 1 aliphatic carbocycles. The number of anilines is 3. The zero-order chi connectivity index (χ0) is 21.9. The summed E-state index contributed by atoms with van der Waals surface area (Å²) in [6.07, 6.45) is 0. The number of hydrogen-bond acceptors (Lipinski definition) is 1. The molecule has 0 radical (unpaired) electrons. The van der Waals surface area contributed by atoms with Crippen LogP contribution in [0.2, 0.25) is 0 Å². The largest absolute Gasteiger partial charge is 0.310 e. The molecule has 3 aromatic rings. The number of benzene rings is 3. The minimum Gasteiger partial charge on any atom is -0.310 e. The number of rotatable bonds is 3. The number of aryl methyl sites for hydroxylation is 2. The highest BCUT2D eigenvalue weighted by Crippen LogP contribution is 2.62. The van der Waals surface area contributed by atoms with Crippen LogP contribution in [0.3, 0.4) is 0 Å². The van der Waals surface area contributed by atoms with Gasteiger partial charge in [-0.3, -0.25) is 0 Å². The second-order valence-corrected chi connectivity index (χ2v) is 10.6. The van der Waals surface area contributed by atoms with E-state index < -0.39 is 0 Å². The lowest BCUT2D eigenvalue weighted by Gasteiger charge is -2.44. The summed E-state index contributed by atoms with van der Waals surface area (Å²) in [4.78, 5) is 2.38. The summed E-state index contributed by atoms with van der Waals surface area (Å²) in [7, 11) is 0. The van der Waals surface area contributed by atoms with E-state index in [4.69, 9.17) is 0 Å². The van der Waals surface area contributed by atoms with Crippen molar-refractivity contribution >= 4 is 17.1 Å². The first-order valence-corrected chi connectivity index (χ1v) is 11.1. The molecule has 3 aromatic carbocycles. The lowest BCUT2D eigenvalue weighted by Crippen LogP contribution is -2.42. The van der Waals surface area contributed by atoms with Crippen molar-refractivity contribution in [1.82, 2.24) is 0 Å². The predicted octanol–water partition coefficient (Wildman–Crippen LogP) is 8.37. The summed E-state index contributed by atoms with van der Waals surface area (Å²) in [6, 6.07) is 24.8. The van der Waals surface area contributed by atoms with Crippen molar-refractivity contribution in [2.24, 2.45) is 5.41 Å². The molecular weight excluding hydrogens is 362 g/mol. The summed E-state index contributed by atoms with van der Waals surface area (Å²) < 4.78 is 0. The van der Waals surface area contributed by atoms with Crippen molar-refractivity contribution in [2.45, 2.75) is 66.2 Å². The smallest absolute Gasteiger partial charge is 0.0464 e. The Morgan fingerprint density at radius 1 is 0.500 bits per heavy atom. The van der Waals surface area contributed by atoms with Gasteiger partial charge in [0.15, 0.2) is 0 Å². The molecule has 0 aliphatic heterocycles. The quantitative estimate of drug-likeness (QED) is 0.429. The molecule has 1 nitrogen and oxygen atoms in total. The molecule has 156 valence electrons. The van der Waals surface area contributed by atoms with Crippen molar-refractivity contribution < 1.29 is 0 Å². The van der Waals surface area contributed by atoms with Crippen LogP contribution >= 0.6 is 0 Å². The Morgan fingerprint density at radius 2 is 0.900 bits per heavy atom. The van der Waals surface area contributed by atoms with Crippen molar-refractivity contribution in [1.29, 1.82) is 0 Å². The van der Waals surface area contributed by atoms with E-state index in [2.05, 4.69) is 127 Å². The Labute approximate surface area is 182 Å². The van der Waals surface area contributed by atoms with Crippen LogP contribution in [0.1, 0.15) is 63.8 Å². The van der Waals surface area contributed by atoms with Crippen LogP contribution in [-0.4, -0.2) is 0 Å². The van der Waals surface area contributed by atoms with E-state index in [0.717, 1.165) is 0 Å². The first kappa shape index (κ1) is 20.7. The molecular formula is C29H35N. The Morgan fingerprint density at radius 3 is 1.37 bits per heavy atom. The Kier molecular flexibility index (Phi) is 4.65. The molecule has 0 fully saturated rings. The highest BCUT2D eigenvalue weighted by atomic mass is 15.1. The summed E-state index contributed by atoms with van der Waals surface area (Å²) >= 11 is 0. The van der Waals surface area contributed by atoms with Gasteiger partial charge in [-0.25, -0.2) is 0 Å². The van der Waals surface area contributed by atoms with Crippen LogP contribution < -0.4 is 4.90 Å². The van der Waals surface area contributed by atoms with Crippen molar-refractivity contribution in [3.8, 4) is 0 Å². The van der Waals surface area contributed by atoms with Crippen LogP contribution in [0, 0.1) is 19.3 Å². The highest BCUT2D eigenvalue weighted by molar-refractivity contribution is 5.78. The molecule has 4 rings (SSSR count). The molecule has 0 bridgehead atoms. The molecule has 0 saturated heterocycles. The van der Waals surface area contributed by atoms with E-state index in [-0.39, 0.29) is 16.2 Å². The Bertz CT molecular complexity index is 1020. The van der Waals surface area contributed by atoms with E-state index in [1.54, 1.807) is 0 Å². The molecule has 0 heterocycles. The molecule has 0 spiro atoms. The molecule has 0 unspecified atom stereocenters. The predicted molar refractivity (Wildman–Crippen MR) is 130 cm³/mol. The third-order valence-corrected chi connectivity index (χ3v) is 8.32. The molecule has 0 saturated carbocycles. The van der Waals surface area contributed by atoms with Gasteiger partial charge in [-0.1, -0.05) is 83.0 Å². The maximum atomic E-state index is 2.44. The van der Waals surface area contributed by atoms with Crippen LogP contribution in [0.15, 0.2) is 66.7 Å². The maximum absolute atomic E-state index is 2.44. The van der Waals surface area contributed by atoms with Gasteiger partial charge >= 0.3 is 0 Å². The third-order valence-electron chi connectivity index (χ3n) is 8.32. The summed E-state index contributed by atoms with van der Waals surface area (Å²) in [5, 5.41) is 0. The van der Waals surface area contributed by atoms with Gasteiger partial charge in [0.2, 0.25) is 0 Å². The van der Waals surface area contributed by atoms with Gasteiger partial charge in [0.05, 0.1) is 0 Å². The van der Waals surface area contributed by atoms with Gasteiger partial charge in [0, 0.05) is 17.1 Å². The lowest BCUT2D eigenvalue weighted by atomic mass is 9.59. The van der Waals surface area contributed by atoms with Gasteiger partial charge in [-0.05, 0) is 77.6 Å². The van der Waals surface area contributed by atoms with Crippen LogP contribution in [-0.2, 0) is 10.8 Å². The Balaban J connectivity index is 1.92. The number of fused-ring (bicyclic) bond motifs is 1. The Hall–Kier alpha value is -2.54. The lowest BCUT2D eigenvalue weighted by molar-refractivity contribution is 0.125. The number of hydrogen-bond donors (Lipinski definition) is 0. The van der Waals surface area contributed by atoms with Crippen LogP contribution in [0.5, 0.6) is 0 Å². The average molecular weight is 398 g/mol. The minimum atomic E-state index is 0.0913. The third kappa shape index (κ3) is 2.90. The number of nitrogens with zero attached hydrogens (tertiary/aromatic N) is 1. The zero-order valence-corrected chi connectivity index (χ0v) is 19.8. The fraction of sp³-hybridized carbons (Fsp3) is 0.379. The fourth-order valence-electron chi connectivity index (χ4n) is 5.02. The molecule has 1 heteroatoms. The molecule has 0 N–H and O–H groups in total. The average Bonchev–Trinajstić information content (AvgIpc) is 2.80. The molecule has 1 aliphatic rings. The zero-order valence-electron chi connectivity index (χ0n) is 19.8.